The van der Waals surface area contributed by atoms with Crippen molar-refractivity contribution in [3.05, 3.63) is 18.2 Å². The third-order valence-corrected chi connectivity index (χ3v) is 2.14. The number of aromatic nitrogens is 2. The van der Waals surface area contributed by atoms with Gasteiger partial charge in [0.2, 0.25) is 0 Å². The van der Waals surface area contributed by atoms with E-state index in [9.17, 15) is 0 Å². The Bertz CT molecular complexity index is 294. The molecule has 1 rings (SSSR count). The van der Waals surface area contributed by atoms with E-state index in [2.05, 4.69) is 55.7 Å². The number of rotatable bonds is 4. The highest BCUT2D eigenvalue weighted by Crippen LogP contribution is 2.06. The Hall–Kier alpha value is -0.830. The second-order valence-corrected chi connectivity index (χ2v) is 5.49. The Labute approximate surface area is 92.9 Å². The predicted molar refractivity (Wildman–Crippen MR) is 63.7 cm³/mol. The van der Waals surface area contributed by atoms with E-state index in [1.807, 2.05) is 6.20 Å². The molecule has 3 nitrogen and oxygen atoms in total. The van der Waals surface area contributed by atoms with Crippen LogP contribution in [0.1, 0.15) is 40.4 Å². The zero-order valence-electron chi connectivity index (χ0n) is 10.5. The van der Waals surface area contributed by atoms with Crippen LogP contribution in [0.5, 0.6) is 0 Å². The van der Waals surface area contributed by atoms with Gasteiger partial charge >= 0.3 is 0 Å². The summed E-state index contributed by atoms with van der Waals surface area (Å²) in [7, 11) is 0. The van der Waals surface area contributed by atoms with Crippen LogP contribution in [0.2, 0.25) is 0 Å². The van der Waals surface area contributed by atoms with E-state index in [1.165, 1.54) is 0 Å². The summed E-state index contributed by atoms with van der Waals surface area (Å²) in [5.74, 6) is 1.78. The van der Waals surface area contributed by atoms with Gasteiger partial charge in [-0.2, -0.15) is 0 Å². The van der Waals surface area contributed by atoms with Crippen LogP contribution in [0.4, 0.5) is 0 Å². The first-order valence-electron chi connectivity index (χ1n) is 5.63. The van der Waals surface area contributed by atoms with Crippen LogP contribution in [0.15, 0.2) is 12.4 Å². The highest BCUT2D eigenvalue weighted by molar-refractivity contribution is 4.93. The minimum atomic E-state index is 0.147. The van der Waals surface area contributed by atoms with Crippen molar-refractivity contribution >= 4 is 0 Å². The molecule has 0 aliphatic heterocycles. The number of nitrogens with one attached hydrogen (secondary N) is 1. The van der Waals surface area contributed by atoms with Gasteiger partial charge in [0.05, 0.1) is 6.54 Å². The molecule has 0 saturated carbocycles. The molecule has 0 bridgehead atoms. The van der Waals surface area contributed by atoms with Crippen molar-refractivity contribution in [2.45, 2.75) is 53.2 Å². The quantitative estimate of drug-likeness (QED) is 0.825. The van der Waals surface area contributed by atoms with E-state index in [0.29, 0.717) is 5.92 Å². The molecule has 0 atom stereocenters. The molecule has 0 fully saturated rings. The number of nitrogens with zero attached hydrogens (tertiary/aromatic N) is 2. The first-order valence-corrected chi connectivity index (χ1v) is 5.63. The summed E-state index contributed by atoms with van der Waals surface area (Å²) in [5.41, 5.74) is 0.147. The summed E-state index contributed by atoms with van der Waals surface area (Å²) in [6, 6.07) is 0. The third-order valence-electron chi connectivity index (χ3n) is 2.14. The van der Waals surface area contributed by atoms with E-state index in [1.54, 1.807) is 0 Å². The lowest BCUT2D eigenvalue weighted by molar-refractivity contribution is 0.405. The van der Waals surface area contributed by atoms with Crippen LogP contribution in [0, 0.1) is 5.92 Å². The van der Waals surface area contributed by atoms with Crippen LogP contribution in [0.3, 0.4) is 0 Å². The summed E-state index contributed by atoms with van der Waals surface area (Å²) >= 11 is 0. The molecule has 0 aliphatic carbocycles. The molecule has 0 aromatic carbocycles. The van der Waals surface area contributed by atoms with Crippen molar-refractivity contribution in [3.63, 3.8) is 0 Å². The Morgan fingerprint density at radius 3 is 2.60 bits per heavy atom. The molecule has 0 unspecified atom stereocenters. The molecule has 0 aliphatic rings. The molecule has 86 valence electrons. The van der Waals surface area contributed by atoms with Crippen molar-refractivity contribution < 1.29 is 0 Å². The maximum absolute atomic E-state index is 4.37. The summed E-state index contributed by atoms with van der Waals surface area (Å²) in [6.07, 6.45) is 3.93. The molecule has 3 heteroatoms. The zero-order chi connectivity index (χ0) is 11.5. The fourth-order valence-corrected chi connectivity index (χ4v) is 1.41. The molecule has 0 saturated heterocycles. The molecule has 15 heavy (non-hydrogen) atoms. The molecule has 1 heterocycles. The van der Waals surface area contributed by atoms with Gasteiger partial charge in [0.1, 0.15) is 5.82 Å². The van der Waals surface area contributed by atoms with Crippen LogP contribution in [-0.2, 0) is 13.1 Å². The standard InChI is InChI=1S/C12H23N3/c1-10(2)9-15-7-6-13-11(15)8-14-12(3,4)5/h6-7,10,14H,8-9H2,1-5H3. The number of imidazole rings is 1. The molecule has 0 spiro atoms. The molecular formula is C12H23N3. The van der Waals surface area contributed by atoms with Gasteiger partial charge in [-0.25, -0.2) is 4.98 Å². The van der Waals surface area contributed by atoms with Crippen molar-refractivity contribution in [2.24, 2.45) is 5.92 Å². The van der Waals surface area contributed by atoms with E-state index in [-0.39, 0.29) is 5.54 Å². The van der Waals surface area contributed by atoms with E-state index in [4.69, 9.17) is 0 Å². The lowest BCUT2D eigenvalue weighted by atomic mass is 10.1. The van der Waals surface area contributed by atoms with Gasteiger partial charge in [-0.1, -0.05) is 13.8 Å². The first-order chi connectivity index (χ1) is 6.88. The zero-order valence-corrected chi connectivity index (χ0v) is 10.5. The number of hydrogen-bond donors (Lipinski definition) is 1. The predicted octanol–water partition coefficient (Wildman–Crippen LogP) is 2.43. The summed E-state index contributed by atoms with van der Waals surface area (Å²) < 4.78 is 2.23. The van der Waals surface area contributed by atoms with E-state index >= 15 is 0 Å². The monoisotopic (exact) mass is 209 g/mol. The highest BCUT2D eigenvalue weighted by atomic mass is 15.1. The van der Waals surface area contributed by atoms with Crippen LogP contribution in [-0.4, -0.2) is 15.1 Å². The van der Waals surface area contributed by atoms with Gasteiger partial charge in [0.25, 0.3) is 0 Å². The largest absolute Gasteiger partial charge is 0.334 e. The summed E-state index contributed by atoms with van der Waals surface area (Å²) in [4.78, 5) is 4.37. The van der Waals surface area contributed by atoms with Crippen molar-refractivity contribution in [2.75, 3.05) is 0 Å². The van der Waals surface area contributed by atoms with Crippen LogP contribution in [0.25, 0.3) is 0 Å². The normalized spacial score (nSPS) is 12.4. The van der Waals surface area contributed by atoms with E-state index in [0.717, 1.165) is 18.9 Å². The Morgan fingerprint density at radius 1 is 1.40 bits per heavy atom. The Balaban J connectivity index is 2.57. The first kappa shape index (κ1) is 12.2. The van der Waals surface area contributed by atoms with Crippen molar-refractivity contribution in [3.8, 4) is 0 Å². The van der Waals surface area contributed by atoms with Gasteiger partial charge in [-0.3, -0.25) is 0 Å². The fraction of sp³-hybridized carbons (Fsp3) is 0.750. The fourth-order valence-electron chi connectivity index (χ4n) is 1.41. The van der Waals surface area contributed by atoms with Gasteiger partial charge in [0.15, 0.2) is 0 Å². The second-order valence-electron chi connectivity index (χ2n) is 5.49. The molecular weight excluding hydrogens is 186 g/mol. The van der Waals surface area contributed by atoms with Crippen LogP contribution >= 0.6 is 0 Å². The summed E-state index contributed by atoms with van der Waals surface area (Å²) in [5, 5.41) is 3.45. The van der Waals surface area contributed by atoms with Crippen molar-refractivity contribution in [1.29, 1.82) is 0 Å². The minimum absolute atomic E-state index is 0.147. The lowest BCUT2D eigenvalue weighted by Gasteiger charge is -2.21. The minimum Gasteiger partial charge on any atom is -0.334 e. The molecule has 0 radical (unpaired) electrons. The molecule has 1 aromatic heterocycles. The summed E-state index contributed by atoms with van der Waals surface area (Å²) in [6.45, 7) is 12.8. The SMILES string of the molecule is CC(C)Cn1ccnc1CNC(C)(C)C. The average Bonchev–Trinajstić information content (AvgIpc) is 2.46. The Kier molecular flexibility index (Phi) is 3.91. The van der Waals surface area contributed by atoms with Crippen LogP contribution < -0.4 is 5.32 Å². The molecule has 0 amide bonds. The highest BCUT2D eigenvalue weighted by Gasteiger charge is 2.11. The molecule has 1 N–H and O–H groups in total. The van der Waals surface area contributed by atoms with E-state index < -0.39 is 0 Å². The average molecular weight is 209 g/mol. The topological polar surface area (TPSA) is 29.9 Å². The van der Waals surface area contributed by atoms with Crippen molar-refractivity contribution in [1.82, 2.24) is 14.9 Å². The van der Waals surface area contributed by atoms with Gasteiger partial charge in [0, 0.05) is 24.5 Å². The van der Waals surface area contributed by atoms with Gasteiger partial charge in [-0.05, 0) is 26.7 Å². The van der Waals surface area contributed by atoms with Gasteiger partial charge in [-0.15, -0.1) is 0 Å². The maximum atomic E-state index is 4.37. The number of hydrogen-bond acceptors (Lipinski definition) is 2. The molecule has 1 aromatic rings. The Morgan fingerprint density at radius 2 is 2.07 bits per heavy atom. The van der Waals surface area contributed by atoms with Gasteiger partial charge < -0.3 is 9.88 Å². The smallest absolute Gasteiger partial charge is 0.122 e. The second kappa shape index (κ2) is 4.79. The third kappa shape index (κ3) is 4.47. The maximum Gasteiger partial charge on any atom is 0.122 e. The lowest BCUT2D eigenvalue weighted by Crippen LogP contribution is -2.36.